The molecular weight excluding hydrogens is 224 g/mol. The van der Waals surface area contributed by atoms with E-state index in [1.54, 1.807) is 24.3 Å². The van der Waals surface area contributed by atoms with E-state index in [4.69, 9.17) is 14.6 Å². The van der Waals surface area contributed by atoms with Crippen molar-refractivity contribution in [3.05, 3.63) is 35.9 Å². The number of hydrogen-bond acceptors (Lipinski definition) is 4. The molecule has 1 heterocycles. The molecule has 88 valence electrons. The summed E-state index contributed by atoms with van der Waals surface area (Å²) in [5.41, 5.74) is 0.543. The number of esters is 1. The number of benzene rings is 1. The number of aliphatic carboxylic acids is 1. The van der Waals surface area contributed by atoms with Crippen molar-refractivity contribution in [2.75, 3.05) is 0 Å². The van der Waals surface area contributed by atoms with Crippen molar-refractivity contribution >= 4 is 17.5 Å². The number of rotatable bonds is 2. The number of carboxylic acids is 1. The van der Waals surface area contributed by atoms with Crippen LogP contribution in [-0.4, -0.2) is 23.3 Å². The molecule has 1 unspecified atom stereocenters. The Labute approximate surface area is 97.3 Å². The van der Waals surface area contributed by atoms with Gasteiger partial charge in [0.25, 0.3) is 6.29 Å². The van der Waals surface area contributed by atoms with E-state index in [1.807, 2.05) is 0 Å². The molecule has 17 heavy (non-hydrogen) atoms. The molecule has 5 heteroatoms. The molecule has 5 nitrogen and oxygen atoms in total. The average Bonchev–Trinajstić information content (AvgIpc) is 2.27. The number of carbonyl (C=O) groups is 2. The maximum absolute atomic E-state index is 11.1. The predicted octanol–water partition coefficient (Wildman–Crippen LogP) is 1.44. The highest BCUT2D eigenvalue weighted by Gasteiger charge is 2.25. The Morgan fingerprint density at radius 1 is 1.35 bits per heavy atom. The molecule has 1 aromatic rings. The number of fused-ring (bicyclic) bond motifs is 1. The molecule has 0 radical (unpaired) electrons. The minimum absolute atomic E-state index is 0.0677. The summed E-state index contributed by atoms with van der Waals surface area (Å²) in [7, 11) is 0. The molecule has 1 aliphatic heterocycles. The van der Waals surface area contributed by atoms with Crippen LogP contribution in [0.4, 0.5) is 0 Å². The van der Waals surface area contributed by atoms with Crippen LogP contribution in [0.1, 0.15) is 12.5 Å². The maximum Gasteiger partial charge on any atom is 0.336 e. The second-order valence-electron chi connectivity index (χ2n) is 3.48. The third kappa shape index (κ3) is 2.28. The molecule has 1 aromatic carbocycles. The van der Waals surface area contributed by atoms with Gasteiger partial charge in [-0.3, -0.25) is 4.79 Å². The molecule has 0 spiro atoms. The SMILES string of the molecule is CC(=O)OC1C=C(C(=O)O)c2ccccc2O1. The van der Waals surface area contributed by atoms with Gasteiger partial charge in [0, 0.05) is 18.6 Å². The zero-order valence-electron chi connectivity index (χ0n) is 9.04. The van der Waals surface area contributed by atoms with Gasteiger partial charge in [0.1, 0.15) is 5.75 Å². The van der Waals surface area contributed by atoms with Crippen LogP contribution in [0.5, 0.6) is 5.75 Å². The Hall–Kier alpha value is -2.30. The predicted molar refractivity (Wildman–Crippen MR) is 58.2 cm³/mol. The second-order valence-corrected chi connectivity index (χ2v) is 3.48. The Morgan fingerprint density at radius 2 is 2.06 bits per heavy atom. The molecule has 0 aliphatic carbocycles. The van der Waals surface area contributed by atoms with Gasteiger partial charge in [0.15, 0.2) is 0 Å². The zero-order chi connectivity index (χ0) is 12.4. The van der Waals surface area contributed by atoms with Crippen molar-refractivity contribution in [2.24, 2.45) is 0 Å². The van der Waals surface area contributed by atoms with Crippen LogP contribution in [0, 0.1) is 0 Å². The Balaban J connectivity index is 2.40. The van der Waals surface area contributed by atoms with Crippen LogP contribution in [0.25, 0.3) is 5.57 Å². The number of carboxylic acid groups (broad SMARTS) is 1. The van der Waals surface area contributed by atoms with E-state index in [-0.39, 0.29) is 5.57 Å². The molecule has 2 rings (SSSR count). The number of carbonyl (C=O) groups excluding carboxylic acids is 1. The van der Waals surface area contributed by atoms with Crippen molar-refractivity contribution in [1.29, 1.82) is 0 Å². The topological polar surface area (TPSA) is 72.8 Å². The first-order valence-electron chi connectivity index (χ1n) is 4.96. The van der Waals surface area contributed by atoms with Crippen LogP contribution in [0.3, 0.4) is 0 Å². The van der Waals surface area contributed by atoms with Gasteiger partial charge in [-0.25, -0.2) is 4.79 Å². The quantitative estimate of drug-likeness (QED) is 0.784. The van der Waals surface area contributed by atoms with Crippen molar-refractivity contribution in [2.45, 2.75) is 13.2 Å². The number of ether oxygens (including phenoxy) is 2. The van der Waals surface area contributed by atoms with Gasteiger partial charge in [0.2, 0.25) is 0 Å². The van der Waals surface area contributed by atoms with Gasteiger partial charge in [-0.15, -0.1) is 0 Å². The van der Waals surface area contributed by atoms with Gasteiger partial charge in [-0.1, -0.05) is 18.2 Å². The Morgan fingerprint density at radius 3 is 2.71 bits per heavy atom. The van der Waals surface area contributed by atoms with Crippen LogP contribution in [0.15, 0.2) is 30.3 Å². The molecule has 0 fully saturated rings. The molecule has 0 aromatic heterocycles. The maximum atomic E-state index is 11.1. The summed E-state index contributed by atoms with van der Waals surface area (Å²) in [6, 6.07) is 6.70. The normalized spacial score (nSPS) is 17.5. The Kier molecular flexibility index (Phi) is 2.82. The third-order valence-corrected chi connectivity index (χ3v) is 2.24. The van der Waals surface area contributed by atoms with Crippen LogP contribution >= 0.6 is 0 Å². The lowest BCUT2D eigenvalue weighted by molar-refractivity contribution is -0.155. The van der Waals surface area contributed by atoms with Gasteiger partial charge in [-0.2, -0.15) is 0 Å². The van der Waals surface area contributed by atoms with E-state index in [0.29, 0.717) is 11.3 Å². The van der Waals surface area contributed by atoms with E-state index in [0.717, 1.165) is 0 Å². The number of para-hydroxylation sites is 1. The summed E-state index contributed by atoms with van der Waals surface area (Å²) in [5, 5.41) is 9.07. The highest BCUT2D eigenvalue weighted by atomic mass is 16.7. The van der Waals surface area contributed by atoms with E-state index in [2.05, 4.69) is 0 Å². The van der Waals surface area contributed by atoms with E-state index in [9.17, 15) is 9.59 Å². The summed E-state index contributed by atoms with van der Waals surface area (Å²) in [6.07, 6.45) is 0.278. The first-order valence-corrected chi connectivity index (χ1v) is 4.96. The van der Waals surface area contributed by atoms with Crippen molar-refractivity contribution in [1.82, 2.24) is 0 Å². The standard InChI is InChI=1S/C12H10O5/c1-7(13)16-11-6-9(12(14)15)8-4-2-3-5-10(8)17-11/h2-6,11H,1H3,(H,14,15). The van der Waals surface area contributed by atoms with Crippen LogP contribution in [0.2, 0.25) is 0 Å². The molecule has 1 N–H and O–H groups in total. The van der Waals surface area contributed by atoms with E-state index in [1.165, 1.54) is 13.0 Å². The van der Waals surface area contributed by atoms with Gasteiger partial charge < -0.3 is 14.6 Å². The lowest BCUT2D eigenvalue weighted by Crippen LogP contribution is -2.25. The smallest absolute Gasteiger partial charge is 0.336 e. The van der Waals surface area contributed by atoms with Gasteiger partial charge in [-0.05, 0) is 6.07 Å². The first kappa shape index (κ1) is 11.2. The van der Waals surface area contributed by atoms with Gasteiger partial charge >= 0.3 is 11.9 Å². The molecule has 0 amide bonds. The third-order valence-electron chi connectivity index (χ3n) is 2.24. The minimum atomic E-state index is -1.09. The largest absolute Gasteiger partial charge is 0.478 e. The second kappa shape index (κ2) is 4.29. The lowest BCUT2D eigenvalue weighted by atomic mass is 10.0. The first-order chi connectivity index (χ1) is 8.08. The fourth-order valence-corrected chi connectivity index (χ4v) is 1.59. The van der Waals surface area contributed by atoms with Crippen LogP contribution < -0.4 is 4.74 Å². The Bertz CT molecular complexity index is 503. The highest BCUT2D eigenvalue weighted by Crippen LogP contribution is 2.32. The molecule has 1 aliphatic rings. The lowest BCUT2D eigenvalue weighted by Gasteiger charge is -2.23. The van der Waals surface area contributed by atoms with E-state index < -0.39 is 18.2 Å². The fraction of sp³-hybridized carbons (Fsp3) is 0.167. The van der Waals surface area contributed by atoms with Crippen molar-refractivity contribution < 1.29 is 24.2 Å². The number of hydrogen-bond donors (Lipinski definition) is 1. The summed E-state index contributed by atoms with van der Waals surface area (Å²) in [4.78, 5) is 21.9. The zero-order valence-corrected chi connectivity index (χ0v) is 9.04. The van der Waals surface area contributed by atoms with Crippen molar-refractivity contribution in [3.63, 3.8) is 0 Å². The van der Waals surface area contributed by atoms with Crippen molar-refractivity contribution in [3.8, 4) is 5.75 Å². The molecule has 1 atom stereocenters. The monoisotopic (exact) mass is 234 g/mol. The molecule has 0 saturated heterocycles. The minimum Gasteiger partial charge on any atom is -0.478 e. The van der Waals surface area contributed by atoms with Crippen LogP contribution in [-0.2, 0) is 14.3 Å². The molecule has 0 bridgehead atoms. The van der Waals surface area contributed by atoms with Gasteiger partial charge in [0.05, 0.1) is 5.57 Å². The summed E-state index contributed by atoms with van der Waals surface area (Å²) < 4.78 is 10.2. The molecular formula is C12H10O5. The fourth-order valence-electron chi connectivity index (χ4n) is 1.59. The molecule has 0 saturated carbocycles. The summed E-state index contributed by atoms with van der Waals surface area (Å²) >= 11 is 0. The summed E-state index contributed by atoms with van der Waals surface area (Å²) in [5.74, 6) is -1.23. The summed E-state index contributed by atoms with van der Waals surface area (Å²) in [6.45, 7) is 1.23. The van der Waals surface area contributed by atoms with E-state index >= 15 is 0 Å². The average molecular weight is 234 g/mol. The highest BCUT2D eigenvalue weighted by molar-refractivity contribution is 6.16.